The van der Waals surface area contributed by atoms with E-state index < -0.39 is 0 Å². The van der Waals surface area contributed by atoms with Crippen LogP contribution in [0.2, 0.25) is 0 Å². The van der Waals surface area contributed by atoms with Gasteiger partial charge in [0.05, 0.1) is 6.54 Å². The molecule has 2 aliphatic rings. The van der Waals surface area contributed by atoms with Gasteiger partial charge in [0.25, 0.3) is 0 Å². The molecular formula is C13H23N5. The average Bonchev–Trinajstić information content (AvgIpc) is 2.81. The molecule has 2 aliphatic heterocycles. The van der Waals surface area contributed by atoms with Gasteiger partial charge in [-0.25, -0.2) is 9.67 Å². The van der Waals surface area contributed by atoms with Gasteiger partial charge in [-0.1, -0.05) is 6.42 Å². The van der Waals surface area contributed by atoms with Crippen molar-refractivity contribution in [1.29, 1.82) is 0 Å². The van der Waals surface area contributed by atoms with E-state index in [-0.39, 0.29) is 0 Å². The first-order valence-corrected chi connectivity index (χ1v) is 7.20. The molecule has 100 valence electrons. The molecule has 0 N–H and O–H groups in total. The summed E-state index contributed by atoms with van der Waals surface area (Å²) in [6.45, 7) is 9.02. The van der Waals surface area contributed by atoms with Crippen LogP contribution < -0.4 is 0 Å². The van der Waals surface area contributed by atoms with E-state index in [2.05, 4.69) is 26.8 Å². The first-order chi connectivity index (χ1) is 8.86. The molecule has 5 nitrogen and oxygen atoms in total. The van der Waals surface area contributed by atoms with Crippen molar-refractivity contribution in [1.82, 2.24) is 24.6 Å². The summed E-state index contributed by atoms with van der Waals surface area (Å²) in [7, 11) is 0. The van der Waals surface area contributed by atoms with Gasteiger partial charge in [-0.2, -0.15) is 5.10 Å². The Morgan fingerprint density at radius 1 is 1.22 bits per heavy atom. The molecule has 2 fully saturated rings. The topological polar surface area (TPSA) is 37.2 Å². The molecule has 2 saturated heterocycles. The number of rotatable bonds is 4. The highest BCUT2D eigenvalue weighted by Crippen LogP contribution is 2.20. The zero-order chi connectivity index (χ0) is 12.4. The number of hydrogen-bond acceptors (Lipinski definition) is 4. The highest BCUT2D eigenvalue weighted by atomic mass is 15.4. The van der Waals surface area contributed by atoms with E-state index >= 15 is 0 Å². The summed E-state index contributed by atoms with van der Waals surface area (Å²) in [5.74, 6) is 1.11. The third-order valence-electron chi connectivity index (χ3n) is 4.21. The van der Waals surface area contributed by atoms with Crippen molar-refractivity contribution in [3.63, 3.8) is 0 Å². The molecule has 1 aromatic heterocycles. The smallest absolute Gasteiger partial charge is 0.140 e. The molecule has 0 unspecified atom stereocenters. The van der Waals surface area contributed by atoms with Crippen LogP contribution in [-0.2, 0) is 13.1 Å². The van der Waals surface area contributed by atoms with Gasteiger partial charge in [-0.15, -0.1) is 0 Å². The van der Waals surface area contributed by atoms with E-state index in [1.54, 1.807) is 6.33 Å². The van der Waals surface area contributed by atoms with Gasteiger partial charge in [0.2, 0.25) is 0 Å². The Bertz CT molecular complexity index is 376. The minimum absolute atomic E-state index is 0.795. The van der Waals surface area contributed by atoms with E-state index in [0.717, 1.165) is 25.0 Å². The van der Waals surface area contributed by atoms with Gasteiger partial charge in [-0.05, 0) is 32.9 Å². The van der Waals surface area contributed by atoms with Gasteiger partial charge in [0.1, 0.15) is 12.2 Å². The molecule has 0 saturated carbocycles. The van der Waals surface area contributed by atoms with Gasteiger partial charge >= 0.3 is 0 Å². The van der Waals surface area contributed by atoms with Gasteiger partial charge in [-0.3, -0.25) is 9.80 Å². The molecule has 5 heteroatoms. The van der Waals surface area contributed by atoms with Gasteiger partial charge < -0.3 is 0 Å². The maximum atomic E-state index is 4.34. The molecule has 3 rings (SSSR count). The lowest BCUT2D eigenvalue weighted by molar-refractivity contribution is 0.0164. The molecule has 0 aliphatic carbocycles. The lowest BCUT2D eigenvalue weighted by Crippen LogP contribution is -2.59. The number of piperidine rings is 1. The maximum absolute atomic E-state index is 4.34. The lowest BCUT2D eigenvalue weighted by atomic mass is 10.0. The third kappa shape index (κ3) is 2.42. The van der Waals surface area contributed by atoms with Crippen LogP contribution in [-0.4, -0.2) is 56.8 Å². The normalized spacial score (nSPS) is 23.2. The Morgan fingerprint density at radius 2 is 2.00 bits per heavy atom. The molecule has 0 aromatic carbocycles. The predicted molar refractivity (Wildman–Crippen MR) is 70.2 cm³/mol. The van der Waals surface area contributed by atoms with Crippen LogP contribution in [0.25, 0.3) is 0 Å². The largest absolute Gasteiger partial charge is 0.298 e. The zero-order valence-corrected chi connectivity index (χ0v) is 11.3. The number of hydrogen-bond donors (Lipinski definition) is 0. The van der Waals surface area contributed by atoms with Crippen molar-refractivity contribution in [3.05, 3.63) is 12.2 Å². The number of nitrogens with zero attached hydrogens (tertiary/aromatic N) is 5. The SMILES string of the molecule is CCn1ncnc1CN1CC(N2CCCCC2)C1. The number of aromatic nitrogens is 3. The van der Waals surface area contributed by atoms with Crippen molar-refractivity contribution in [3.8, 4) is 0 Å². The second-order valence-electron chi connectivity index (χ2n) is 5.44. The highest BCUT2D eigenvalue weighted by Gasteiger charge is 2.32. The quantitative estimate of drug-likeness (QED) is 0.797. The van der Waals surface area contributed by atoms with Crippen LogP contribution in [0.15, 0.2) is 6.33 Å². The Morgan fingerprint density at radius 3 is 2.72 bits per heavy atom. The van der Waals surface area contributed by atoms with Crippen LogP contribution >= 0.6 is 0 Å². The summed E-state index contributed by atoms with van der Waals surface area (Å²) >= 11 is 0. The standard InChI is InChI=1S/C13H23N5/c1-2-18-13(14-11-15-18)10-16-8-12(9-16)17-6-4-3-5-7-17/h11-12H,2-10H2,1H3. The molecule has 0 atom stereocenters. The molecule has 3 heterocycles. The second kappa shape index (κ2) is 5.36. The molecule has 0 radical (unpaired) electrons. The Kier molecular flexibility index (Phi) is 3.61. The fourth-order valence-corrected chi connectivity index (χ4v) is 3.06. The monoisotopic (exact) mass is 249 g/mol. The third-order valence-corrected chi connectivity index (χ3v) is 4.21. The van der Waals surface area contributed by atoms with E-state index in [1.807, 2.05) is 4.68 Å². The predicted octanol–water partition coefficient (Wildman–Crippen LogP) is 0.968. The molecular weight excluding hydrogens is 226 g/mol. The minimum atomic E-state index is 0.795. The second-order valence-corrected chi connectivity index (χ2v) is 5.44. The zero-order valence-electron chi connectivity index (χ0n) is 11.3. The van der Waals surface area contributed by atoms with Crippen molar-refractivity contribution < 1.29 is 0 Å². The first kappa shape index (κ1) is 12.1. The molecule has 0 bridgehead atoms. The van der Waals surface area contributed by atoms with Gasteiger partial charge in [0, 0.05) is 25.7 Å². The van der Waals surface area contributed by atoms with E-state index in [4.69, 9.17) is 0 Å². The number of aryl methyl sites for hydroxylation is 1. The summed E-state index contributed by atoms with van der Waals surface area (Å²) in [6.07, 6.45) is 5.87. The summed E-state index contributed by atoms with van der Waals surface area (Å²) in [5.41, 5.74) is 0. The van der Waals surface area contributed by atoms with Crippen molar-refractivity contribution in [2.45, 2.75) is 45.3 Å². The number of likely N-dealkylation sites (tertiary alicyclic amines) is 2. The summed E-state index contributed by atoms with van der Waals surface area (Å²) in [6, 6.07) is 0.795. The average molecular weight is 249 g/mol. The van der Waals surface area contributed by atoms with Crippen LogP contribution in [0, 0.1) is 0 Å². The van der Waals surface area contributed by atoms with Crippen LogP contribution in [0.4, 0.5) is 0 Å². The minimum Gasteiger partial charge on any atom is -0.298 e. The Labute approximate surface area is 109 Å². The highest BCUT2D eigenvalue weighted by molar-refractivity contribution is 4.93. The van der Waals surface area contributed by atoms with E-state index in [1.165, 1.54) is 45.4 Å². The molecule has 0 amide bonds. The van der Waals surface area contributed by atoms with Gasteiger partial charge in [0.15, 0.2) is 0 Å². The first-order valence-electron chi connectivity index (χ1n) is 7.20. The summed E-state index contributed by atoms with van der Waals surface area (Å²) in [5, 5.41) is 4.22. The van der Waals surface area contributed by atoms with Crippen molar-refractivity contribution in [2.75, 3.05) is 26.2 Å². The van der Waals surface area contributed by atoms with Crippen molar-refractivity contribution in [2.24, 2.45) is 0 Å². The van der Waals surface area contributed by atoms with Crippen LogP contribution in [0.3, 0.4) is 0 Å². The Balaban J connectivity index is 1.47. The lowest BCUT2D eigenvalue weighted by Gasteiger charge is -2.46. The summed E-state index contributed by atoms with van der Waals surface area (Å²) in [4.78, 5) is 9.50. The van der Waals surface area contributed by atoms with Crippen molar-refractivity contribution >= 4 is 0 Å². The summed E-state index contributed by atoms with van der Waals surface area (Å²) < 4.78 is 1.99. The van der Waals surface area contributed by atoms with E-state index in [9.17, 15) is 0 Å². The Hall–Kier alpha value is -0.940. The fourth-order valence-electron chi connectivity index (χ4n) is 3.06. The molecule has 18 heavy (non-hydrogen) atoms. The van der Waals surface area contributed by atoms with Crippen LogP contribution in [0.1, 0.15) is 32.0 Å². The molecule has 1 aromatic rings. The molecule has 0 spiro atoms. The fraction of sp³-hybridized carbons (Fsp3) is 0.846. The van der Waals surface area contributed by atoms with E-state index in [0.29, 0.717) is 0 Å². The van der Waals surface area contributed by atoms with Crippen LogP contribution in [0.5, 0.6) is 0 Å². The maximum Gasteiger partial charge on any atom is 0.140 e.